The number of nitrogens with one attached hydrogen (secondary N) is 2. The number of benzene rings is 1. The zero-order chi connectivity index (χ0) is 24.0. The molecule has 1 saturated heterocycles. The lowest BCUT2D eigenvalue weighted by molar-refractivity contribution is -0.139. The van der Waals surface area contributed by atoms with E-state index >= 15 is 0 Å². The Hall–Kier alpha value is -1.83. The predicted octanol–water partition coefficient (Wildman–Crippen LogP) is 2.88. The molecule has 3 rings (SSSR count). The summed E-state index contributed by atoms with van der Waals surface area (Å²) in [6.45, 7) is 6.59. The van der Waals surface area contributed by atoms with Crippen LogP contribution in [0.3, 0.4) is 0 Å². The SMILES string of the molecule is CCNC(=O)[C@@H]1CCCCC1N1CCN(C(=O)C(Cc2ccc(Cl)cc2Cl)NC(C)=O)CC1. The highest BCUT2D eigenvalue weighted by molar-refractivity contribution is 6.35. The Kier molecular flexibility index (Phi) is 9.41. The van der Waals surface area contributed by atoms with Gasteiger partial charge in [0.25, 0.3) is 0 Å². The Morgan fingerprint density at radius 1 is 1.09 bits per heavy atom. The van der Waals surface area contributed by atoms with Crippen LogP contribution in [0, 0.1) is 5.92 Å². The van der Waals surface area contributed by atoms with E-state index in [-0.39, 0.29) is 29.7 Å². The molecule has 9 heteroatoms. The number of hydrogen-bond acceptors (Lipinski definition) is 4. The quantitative estimate of drug-likeness (QED) is 0.607. The summed E-state index contributed by atoms with van der Waals surface area (Å²) >= 11 is 12.3. The van der Waals surface area contributed by atoms with Gasteiger partial charge in [-0.1, -0.05) is 42.1 Å². The van der Waals surface area contributed by atoms with Gasteiger partial charge in [0.2, 0.25) is 17.7 Å². The minimum atomic E-state index is -0.689. The van der Waals surface area contributed by atoms with Crippen molar-refractivity contribution in [3.63, 3.8) is 0 Å². The molecule has 2 fully saturated rings. The fourth-order valence-electron chi connectivity index (χ4n) is 5.01. The first-order chi connectivity index (χ1) is 15.8. The number of carbonyl (C=O) groups is 3. The molecule has 182 valence electrons. The van der Waals surface area contributed by atoms with Crippen molar-refractivity contribution < 1.29 is 14.4 Å². The maximum absolute atomic E-state index is 13.3. The highest BCUT2D eigenvalue weighted by atomic mass is 35.5. The summed E-state index contributed by atoms with van der Waals surface area (Å²) in [6.07, 6.45) is 4.45. The molecule has 1 aliphatic heterocycles. The van der Waals surface area contributed by atoms with E-state index in [4.69, 9.17) is 23.2 Å². The molecule has 2 N–H and O–H groups in total. The summed E-state index contributed by atoms with van der Waals surface area (Å²) in [6, 6.07) is 4.69. The monoisotopic (exact) mass is 496 g/mol. The van der Waals surface area contributed by atoms with Crippen molar-refractivity contribution >= 4 is 40.9 Å². The standard InChI is InChI=1S/C24H34Cl2N4O3/c1-3-27-23(32)19-6-4-5-7-22(19)29-10-12-30(13-11-29)24(33)21(28-16(2)31)14-17-8-9-18(25)15-20(17)26/h8-9,15,19,21-22H,3-7,10-14H2,1-2H3,(H,27,32)(H,28,31)/t19-,21?,22?/m1/s1. The second-order valence-electron chi connectivity index (χ2n) is 8.91. The summed E-state index contributed by atoms with van der Waals surface area (Å²) < 4.78 is 0. The Morgan fingerprint density at radius 3 is 2.42 bits per heavy atom. The first-order valence-corrected chi connectivity index (χ1v) is 12.6. The molecule has 0 radical (unpaired) electrons. The van der Waals surface area contributed by atoms with Crippen molar-refractivity contribution in [3.8, 4) is 0 Å². The molecule has 0 bridgehead atoms. The molecule has 1 heterocycles. The van der Waals surface area contributed by atoms with Gasteiger partial charge in [0.15, 0.2) is 0 Å². The molecule has 7 nitrogen and oxygen atoms in total. The zero-order valence-electron chi connectivity index (χ0n) is 19.4. The Bertz CT molecular complexity index is 858. The summed E-state index contributed by atoms with van der Waals surface area (Å²) in [4.78, 5) is 41.9. The van der Waals surface area contributed by atoms with Crippen LogP contribution >= 0.6 is 23.2 Å². The average molecular weight is 497 g/mol. The van der Waals surface area contributed by atoms with Gasteiger partial charge >= 0.3 is 0 Å². The Balaban J connectivity index is 1.64. The predicted molar refractivity (Wildman–Crippen MR) is 130 cm³/mol. The number of rotatable bonds is 7. The highest BCUT2D eigenvalue weighted by Crippen LogP contribution is 2.30. The van der Waals surface area contributed by atoms with Crippen LogP contribution < -0.4 is 10.6 Å². The Morgan fingerprint density at radius 2 is 1.79 bits per heavy atom. The van der Waals surface area contributed by atoms with Gasteiger partial charge in [-0.25, -0.2) is 0 Å². The normalized spacial score (nSPS) is 22.5. The first-order valence-electron chi connectivity index (χ1n) is 11.8. The molecule has 1 aromatic rings. The highest BCUT2D eigenvalue weighted by Gasteiger charge is 2.37. The third kappa shape index (κ3) is 6.84. The molecule has 0 spiro atoms. The van der Waals surface area contributed by atoms with Crippen LogP contribution in [0.15, 0.2) is 18.2 Å². The largest absolute Gasteiger partial charge is 0.356 e. The molecule has 1 aromatic carbocycles. The molecule has 2 aliphatic rings. The molecule has 1 saturated carbocycles. The van der Waals surface area contributed by atoms with Crippen LogP contribution in [-0.2, 0) is 20.8 Å². The average Bonchev–Trinajstić information content (AvgIpc) is 2.80. The number of piperazine rings is 1. The maximum atomic E-state index is 13.3. The minimum absolute atomic E-state index is 0.0140. The lowest BCUT2D eigenvalue weighted by atomic mass is 9.82. The van der Waals surface area contributed by atoms with Crippen LogP contribution in [-0.4, -0.2) is 72.3 Å². The van der Waals surface area contributed by atoms with Gasteiger partial charge in [0, 0.05) is 62.2 Å². The zero-order valence-corrected chi connectivity index (χ0v) is 20.9. The van der Waals surface area contributed by atoms with Crippen LogP contribution in [0.2, 0.25) is 10.0 Å². The van der Waals surface area contributed by atoms with Crippen LogP contribution in [0.1, 0.15) is 45.1 Å². The van der Waals surface area contributed by atoms with Gasteiger partial charge in [-0.3, -0.25) is 19.3 Å². The molecular formula is C24H34Cl2N4O3. The lowest BCUT2D eigenvalue weighted by Gasteiger charge is -2.44. The van der Waals surface area contributed by atoms with E-state index in [2.05, 4.69) is 15.5 Å². The van der Waals surface area contributed by atoms with Crippen molar-refractivity contribution in [3.05, 3.63) is 33.8 Å². The molecule has 33 heavy (non-hydrogen) atoms. The molecular weight excluding hydrogens is 463 g/mol. The van der Waals surface area contributed by atoms with Crippen molar-refractivity contribution in [1.29, 1.82) is 0 Å². The van der Waals surface area contributed by atoms with Crippen molar-refractivity contribution in [2.75, 3.05) is 32.7 Å². The van der Waals surface area contributed by atoms with E-state index in [9.17, 15) is 14.4 Å². The fraction of sp³-hybridized carbons (Fsp3) is 0.625. The van der Waals surface area contributed by atoms with E-state index in [0.717, 1.165) is 44.3 Å². The number of carbonyl (C=O) groups excluding carboxylic acids is 3. The fourth-order valence-corrected chi connectivity index (χ4v) is 5.49. The molecule has 2 unspecified atom stereocenters. The third-order valence-electron chi connectivity index (χ3n) is 6.63. The number of amides is 3. The number of halogens is 2. The number of nitrogens with zero attached hydrogens (tertiary/aromatic N) is 2. The van der Waals surface area contributed by atoms with Crippen LogP contribution in [0.25, 0.3) is 0 Å². The molecule has 3 atom stereocenters. The van der Waals surface area contributed by atoms with Crippen LogP contribution in [0.5, 0.6) is 0 Å². The van der Waals surface area contributed by atoms with Crippen LogP contribution in [0.4, 0.5) is 0 Å². The lowest BCUT2D eigenvalue weighted by Crippen LogP contribution is -2.59. The van der Waals surface area contributed by atoms with E-state index in [1.165, 1.54) is 6.92 Å². The topological polar surface area (TPSA) is 81.8 Å². The first kappa shape index (κ1) is 25.8. The third-order valence-corrected chi connectivity index (χ3v) is 7.21. The second kappa shape index (κ2) is 12.0. The summed E-state index contributed by atoms with van der Waals surface area (Å²) in [5, 5.41) is 6.78. The minimum Gasteiger partial charge on any atom is -0.356 e. The second-order valence-corrected chi connectivity index (χ2v) is 9.75. The molecule has 3 amide bonds. The molecule has 1 aliphatic carbocycles. The van der Waals surface area contributed by atoms with Gasteiger partial charge in [0.05, 0.1) is 5.92 Å². The summed E-state index contributed by atoms with van der Waals surface area (Å²) in [5.74, 6) is -0.213. The van der Waals surface area contributed by atoms with E-state index in [0.29, 0.717) is 36.1 Å². The summed E-state index contributed by atoms with van der Waals surface area (Å²) in [5.41, 5.74) is 0.763. The molecule has 0 aromatic heterocycles. The van der Waals surface area contributed by atoms with Gasteiger partial charge in [-0.15, -0.1) is 0 Å². The van der Waals surface area contributed by atoms with Crippen molar-refractivity contribution in [2.45, 2.75) is 58.0 Å². The summed E-state index contributed by atoms with van der Waals surface area (Å²) in [7, 11) is 0. The van der Waals surface area contributed by atoms with Gasteiger partial charge < -0.3 is 15.5 Å². The smallest absolute Gasteiger partial charge is 0.245 e. The van der Waals surface area contributed by atoms with E-state index in [1.807, 2.05) is 11.8 Å². The number of hydrogen-bond donors (Lipinski definition) is 2. The van der Waals surface area contributed by atoms with Gasteiger partial charge in [0.1, 0.15) is 6.04 Å². The van der Waals surface area contributed by atoms with E-state index < -0.39 is 6.04 Å². The van der Waals surface area contributed by atoms with Crippen molar-refractivity contribution in [1.82, 2.24) is 20.4 Å². The van der Waals surface area contributed by atoms with Crippen molar-refractivity contribution in [2.24, 2.45) is 5.92 Å². The Labute approximate surface area is 206 Å². The van der Waals surface area contributed by atoms with Gasteiger partial charge in [-0.2, -0.15) is 0 Å². The van der Waals surface area contributed by atoms with E-state index in [1.54, 1.807) is 18.2 Å². The maximum Gasteiger partial charge on any atom is 0.245 e. The van der Waals surface area contributed by atoms with Gasteiger partial charge in [-0.05, 0) is 37.5 Å².